The second kappa shape index (κ2) is 8.82. The zero-order valence-corrected chi connectivity index (χ0v) is 17.4. The molecule has 0 amide bonds. The number of esters is 1. The molecule has 2 aromatic rings. The summed E-state index contributed by atoms with van der Waals surface area (Å²) in [6.45, 7) is 7.65. The van der Waals surface area contributed by atoms with Crippen molar-refractivity contribution in [1.29, 1.82) is 0 Å². The minimum Gasteiger partial charge on any atom is -0.462 e. The van der Waals surface area contributed by atoms with Crippen LogP contribution < -0.4 is 5.32 Å². The van der Waals surface area contributed by atoms with Gasteiger partial charge in [-0.15, -0.1) is 11.3 Å². The first-order valence-electron chi connectivity index (χ1n) is 9.05. The molecule has 1 aromatic carbocycles. The van der Waals surface area contributed by atoms with E-state index in [1.165, 1.54) is 11.3 Å². The zero-order chi connectivity index (χ0) is 19.4. The van der Waals surface area contributed by atoms with Gasteiger partial charge >= 0.3 is 5.97 Å². The van der Waals surface area contributed by atoms with Crippen molar-refractivity contribution in [3.05, 3.63) is 42.0 Å². The monoisotopic (exact) mass is 404 g/mol. The fraction of sp³-hybridized carbons (Fsp3) is 0.400. The summed E-state index contributed by atoms with van der Waals surface area (Å²) in [7, 11) is 0. The maximum absolute atomic E-state index is 12.4. The predicted molar refractivity (Wildman–Crippen MR) is 114 cm³/mol. The quantitative estimate of drug-likeness (QED) is 0.602. The maximum atomic E-state index is 12.4. The van der Waals surface area contributed by atoms with E-state index in [0.717, 1.165) is 23.5 Å². The molecule has 1 N–H and O–H groups in total. The van der Waals surface area contributed by atoms with Gasteiger partial charge in [0, 0.05) is 18.0 Å². The van der Waals surface area contributed by atoms with Crippen molar-refractivity contribution < 1.29 is 14.3 Å². The van der Waals surface area contributed by atoms with E-state index in [9.17, 15) is 4.79 Å². The number of nitrogens with one attached hydrogen (secondary N) is 1. The lowest BCUT2D eigenvalue weighted by molar-refractivity contribution is -0.0473. The third-order valence-corrected chi connectivity index (χ3v) is 5.67. The van der Waals surface area contributed by atoms with E-state index in [-0.39, 0.29) is 18.2 Å². The molecule has 2 heterocycles. The summed E-state index contributed by atoms with van der Waals surface area (Å²) >= 11 is 7.12. The molecule has 0 aliphatic carbocycles. The first-order valence-corrected chi connectivity index (χ1v) is 10.3. The Morgan fingerprint density at radius 3 is 2.59 bits per heavy atom. The lowest BCUT2D eigenvalue weighted by Gasteiger charge is -2.36. The molecule has 2 atom stereocenters. The Bertz CT molecular complexity index is 797. The molecular formula is C20H24N2O3S2. The van der Waals surface area contributed by atoms with Crippen LogP contribution in [0.2, 0.25) is 0 Å². The van der Waals surface area contributed by atoms with Crippen molar-refractivity contribution in [1.82, 2.24) is 4.90 Å². The van der Waals surface area contributed by atoms with Crippen LogP contribution in [0.3, 0.4) is 0 Å². The lowest BCUT2D eigenvalue weighted by Crippen LogP contribution is -2.49. The first-order chi connectivity index (χ1) is 13.0. The van der Waals surface area contributed by atoms with Gasteiger partial charge in [-0.05, 0) is 44.6 Å². The number of ether oxygens (including phenoxy) is 2. The van der Waals surface area contributed by atoms with Crippen molar-refractivity contribution >= 4 is 39.6 Å². The van der Waals surface area contributed by atoms with Gasteiger partial charge in [-0.3, -0.25) is 0 Å². The molecule has 0 spiro atoms. The Balaban J connectivity index is 1.85. The number of carbonyl (C=O) groups is 1. The van der Waals surface area contributed by atoms with Crippen LogP contribution in [0, 0.1) is 0 Å². The van der Waals surface area contributed by atoms with Crippen LogP contribution in [-0.4, -0.2) is 47.9 Å². The van der Waals surface area contributed by atoms with Crippen LogP contribution in [0.1, 0.15) is 31.1 Å². The minimum absolute atomic E-state index is 0.112. The molecule has 1 saturated heterocycles. The molecule has 0 bridgehead atoms. The number of nitrogens with zero attached hydrogens (tertiary/aromatic N) is 1. The molecule has 5 nitrogen and oxygen atoms in total. The molecule has 1 fully saturated rings. The summed E-state index contributed by atoms with van der Waals surface area (Å²) in [6, 6.07) is 11.8. The standard InChI is InChI=1S/C20H24N2O3S2/c1-4-24-19(23)16-10-17(15-8-6-5-7-9-15)27-18(16)21-20(26)22-11-13(2)25-14(3)12-22/h5-10,13-14H,4,11-12H2,1-3H3,(H,21,26). The number of carbonyl (C=O) groups excluding carboxylic acids is 1. The molecule has 3 rings (SSSR count). The topological polar surface area (TPSA) is 50.8 Å². The molecule has 1 aromatic heterocycles. The van der Waals surface area contributed by atoms with E-state index in [1.807, 2.05) is 50.2 Å². The molecule has 7 heteroatoms. The molecule has 2 unspecified atom stereocenters. The van der Waals surface area contributed by atoms with Crippen LogP contribution >= 0.6 is 23.6 Å². The normalized spacial score (nSPS) is 19.6. The predicted octanol–water partition coefficient (Wildman–Crippen LogP) is 4.40. The van der Waals surface area contributed by atoms with Gasteiger partial charge in [0.15, 0.2) is 5.11 Å². The van der Waals surface area contributed by atoms with Crippen LogP contribution in [-0.2, 0) is 9.47 Å². The molecule has 1 aliphatic rings. The smallest absolute Gasteiger partial charge is 0.341 e. The average molecular weight is 405 g/mol. The van der Waals surface area contributed by atoms with E-state index in [1.54, 1.807) is 6.92 Å². The second-order valence-corrected chi connectivity index (χ2v) is 7.97. The van der Waals surface area contributed by atoms with Crippen LogP contribution in [0.15, 0.2) is 36.4 Å². The molecular weight excluding hydrogens is 380 g/mol. The van der Waals surface area contributed by atoms with Gasteiger partial charge in [0.05, 0.1) is 24.4 Å². The summed E-state index contributed by atoms with van der Waals surface area (Å²) in [5, 5.41) is 4.58. The largest absolute Gasteiger partial charge is 0.462 e. The van der Waals surface area contributed by atoms with Crippen molar-refractivity contribution in [2.75, 3.05) is 25.0 Å². The van der Waals surface area contributed by atoms with Gasteiger partial charge in [-0.1, -0.05) is 30.3 Å². The second-order valence-electron chi connectivity index (χ2n) is 6.53. The molecule has 0 radical (unpaired) electrons. The summed E-state index contributed by atoms with van der Waals surface area (Å²) in [5.41, 5.74) is 1.57. The summed E-state index contributed by atoms with van der Waals surface area (Å²) < 4.78 is 11.0. The summed E-state index contributed by atoms with van der Waals surface area (Å²) in [4.78, 5) is 15.5. The van der Waals surface area contributed by atoms with Gasteiger partial charge in [-0.25, -0.2) is 4.79 Å². The Morgan fingerprint density at radius 1 is 1.30 bits per heavy atom. The number of benzene rings is 1. The van der Waals surface area contributed by atoms with E-state index >= 15 is 0 Å². The first kappa shape index (κ1) is 19.8. The lowest BCUT2D eigenvalue weighted by atomic mass is 10.1. The van der Waals surface area contributed by atoms with E-state index in [4.69, 9.17) is 21.7 Å². The number of morpholine rings is 1. The Kier molecular flexibility index (Phi) is 6.46. The number of rotatable bonds is 4. The van der Waals surface area contributed by atoms with Crippen molar-refractivity contribution in [3.8, 4) is 10.4 Å². The third-order valence-electron chi connectivity index (χ3n) is 4.21. The molecule has 0 saturated carbocycles. The SMILES string of the molecule is CCOC(=O)c1cc(-c2ccccc2)sc1NC(=S)N1CC(C)OC(C)C1. The average Bonchev–Trinajstić information content (AvgIpc) is 3.06. The van der Waals surface area contributed by atoms with E-state index in [2.05, 4.69) is 10.2 Å². The van der Waals surface area contributed by atoms with Gasteiger partial charge in [0.1, 0.15) is 5.00 Å². The van der Waals surface area contributed by atoms with Crippen molar-refractivity contribution in [2.45, 2.75) is 33.0 Å². The minimum atomic E-state index is -0.343. The summed E-state index contributed by atoms with van der Waals surface area (Å²) in [6.07, 6.45) is 0.225. The van der Waals surface area contributed by atoms with Gasteiger partial charge in [0.2, 0.25) is 0 Å². The zero-order valence-electron chi connectivity index (χ0n) is 15.7. The van der Waals surface area contributed by atoms with Crippen molar-refractivity contribution in [2.24, 2.45) is 0 Å². The number of anilines is 1. The number of hydrogen-bond acceptors (Lipinski definition) is 5. The summed E-state index contributed by atoms with van der Waals surface area (Å²) in [5.74, 6) is -0.343. The van der Waals surface area contributed by atoms with Crippen LogP contribution in [0.5, 0.6) is 0 Å². The maximum Gasteiger partial charge on any atom is 0.341 e. The Hall–Kier alpha value is -1.96. The molecule has 144 valence electrons. The van der Waals surface area contributed by atoms with Gasteiger partial charge < -0.3 is 19.7 Å². The van der Waals surface area contributed by atoms with Gasteiger partial charge in [0.25, 0.3) is 0 Å². The van der Waals surface area contributed by atoms with E-state index < -0.39 is 0 Å². The van der Waals surface area contributed by atoms with Crippen molar-refractivity contribution in [3.63, 3.8) is 0 Å². The number of hydrogen-bond donors (Lipinski definition) is 1. The number of thiophene rings is 1. The third kappa shape index (κ3) is 4.86. The van der Waals surface area contributed by atoms with Crippen LogP contribution in [0.25, 0.3) is 10.4 Å². The highest BCUT2D eigenvalue weighted by Gasteiger charge is 2.26. The Labute approximate surface area is 169 Å². The molecule has 1 aliphatic heterocycles. The fourth-order valence-corrected chi connectivity index (χ4v) is 4.48. The highest BCUT2D eigenvalue weighted by Crippen LogP contribution is 2.36. The Morgan fingerprint density at radius 2 is 1.96 bits per heavy atom. The highest BCUT2D eigenvalue weighted by atomic mass is 32.1. The number of thiocarbonyl (C=S) groups is 1. The van der Waals surface area contributed by atoms with Crippen LogP contribution in [0.4, 0.5) is 5.00 Å². The fourth-order valence-electron chi connectivity index (χ4n) is 3.11. The van der Waals surface area contributed by atoms with E-state index in [0.29, 0.717) is 22.3 Å². The van der Waals surface area contributed by atoms with Gasteiger partial charge in [-0.2, -0.15) is 0 Å². The molecule has 27 heavy (non-hydrogen) atoms. The highest BCUT2D eigenvalue weighted by molar-refractivity contribution is 7.80.